The van der Waals surface area contributed by atoms with E-state index in [1.54, 1.807) is 29.1 Å². The number of likely N-dealkylation sites (tertiary alicyclic amines) is 1. The normalized spacial score (nSPS) is 16.5. The van der Waals surface area contributed by atoms with Gasteiger partial charge in [0.1, 0.15) is 17.9 Å². The van der Waals surface area contributed by atoms with Gasteiger partial charge in [-0.15, -0.1) is 0 Å². The molecule has 0 atom stereocenters. The van der Waals surface area contributed by atoms with Crippen LogP contribution in [0.3, 0.4) is 0 Å². The van der Waals surface area contributed by atoms with Crippen molar-refractivity contribution in [3.63, 3.8) is 0 Å². The number of ketones is 1. The van der Waals surface area contributed by atoms with Crippen LogP contribution in [-0.4, -0.2) is 54.6 Å². The topological polar surface area (TPSA) is 107 Å². The number of carbonyl (C=O) groups excluding carboxylic acids is 2. The minimum Gasteiger partial charge on any atom is -0.341 e. The van der Waals surface area contributed by atoms with Crippen molar-refractivity contribution in [1.82, 2.24) is 29.8 Å². The number of aromatic nitrogens is 5. The van der Waals surface area contributed by atoms with Crippen LogP contribution in [-0.2, 0) is 30.4 Å². The molecule has 3 aromatic heterocycles. The zero-order valence-electron chi connectivity index (χ0n) is 21.6. The second kappa shape index (κ2) is 10.5. The largest absolute Gasteiger partial charge is 0.433 e. The number of carbonyl (C=O) groups is 2. The van der Waals surface area contributed by atoms with Gasteiger partial charge in [-0.2, -0.15) is 23.3 Å². The number of pyridine rings is 1. The van der Waals surface area contributed by atoms with Crippen molar-refractivity contribution in [2.75, 3.05) is 13.1 Å². The highest BCUT2D eigenvalue weighted by Crippen LogP contribution is 2.39. The molecule has 0 radical (unpaired) electrons. The number of fused-ring (bicyclic) bond motifs is 1. The van der Waals surface area contributed by atoms with E-state index in [9.17, 15) is 22.8 Å². The summed E-state index contributed by atoms with van der Waals surface area (Å²) in [6, 6.07) is 8.48. The molecule has 2 aliphatic rings. The maximum absolute atomic E-state index is 13.0. The molecule has 6 rings (SSSR count). The summed E-state index contributed by atoms with van der Waals surface area (Å²) in [5, 5.41) is 9.32. The van der Waals surface area contributed by atoms with Crippen LogP contribution < -0.4 is 0 Å². The summed E-state index contributed by atoms with van der Waals surface area (Å²) in [4.78, 5) is 35.4. The SMILES string of the molecule is O=C(Cc1ccc2nn(CC(=O)N3CCC(Cc4noc(C5CC5)n4)CC3)cc2c1)c1cccc(C(F)(F)F)n1. The lowest BCUT2D eigenvalue weighted by molar-refractivity contribution is -0.141. The van der Waals surface area contributed by atoms with E-state index in [-0.39, 0.29) is 24.6 Å². The highest BCUT2D eigenvalue weighted by Gasteiger charge is 2.33. The van der Waals surface area contributed by atoms with Crippen LogP contribution in [0.2, 0.25) is 0 Å². The van der Waals surface area contributed by atoms with Crippen molar-refractivity contribution < 1.29 is 27.3 Å². The fourth-order valence-corrected chi connectivity index (χ4v) is 5.07. The second-order valence-electron chi connectivity index (χ2n) is 10.6. The van der Waals surface area contributed by atoms with Gasteiger partial charge in [-0.25, -0.2) is 4.98 Å². The average molecular weight is 553 g/mol. The third-order valence-corrected chi connectivity index (χ3v) is 7.45. The van der Waals surface area contributed by atoms with E-state index in [1.807, 2.05) is 4.90 Å². The lowest BCUT2D eigenvalue weighted by atomic mass is 9.93. The maximum Gasteiger partial charge on any atom is 0.433 e. The van der Waals surface area contributed by atoms with E-state index >= 15 is 0 Å². The molecule has 1 aliphatic heterocycles. The molecular weight excluding hydrogens is 525 g/mol. The van der Waals surface area contributed by atoms with Crippen LogP contribution >= 0.6 is 0 Å². The number of hydrogen-bond donors (Lipinski definition) is 0. The Hall–Kier alpha value is -4.09. The molecule has 0 unspecified atom stereocenters. The molecule has 1 amide bonds. The number of piperidine rings is 1. The predicted molar refractivity (Wildman–Crippen MR) is 136 cm³/mol. The number of halogens is 3. The number of alkyl halides is 3. The van der Waals surface area contributed by atoms with Crippen LogP contribution in [0.25, 0.3) is 10.9 Å². The summed E-state index contributed by atoms with van der Waals surface area (Å²) in [5.41, 5.74) is -0.0558. The van der Waals surface area contributed by atoms with E-state index in [0.29, 0.717) is 36.0 Å². The van der Waals surface area contributed by atoms with Gasteiger partial charge in [0.15, 0.2) is 11.6 Å². The van der Waals surface area contributed by atoms with Crippen molar-refractivity contribution in [2.45, 2.75) is 57.2 Å². The summed E-state index contributed by atoms with van der Waals surface area (Å²) >= 11 is 0. The molecule has 1 saturated heterocycles. The van der Waals surface area contributed by atoms with Crippen LogP contribution in [0.5, 0.6) is 0 Å². The Labute approximate surface area is 227 Å². The highest BCUT2D eigenvalue weighted by atomic mass is 19.4. The first-order valence-electron chi connectivity index (χ1n) is 13.3. The molecule has 12 heteroatoms. The van der Waals surface area contributed by atoms with E-state index in [0.717, 1.165) is 55.3 Å². The number of rotatable bonds is 8. The third-order valence-electron chi connectivity index (χ3n) is 7.45. The Morgan fingerprint density at radius 3 is 2.58 bits per heavy atom. The van der Waals surface area contributed by atoms with Gasteiger partial charge in [0.2, 0.25) is 11.8 Å². The third kappa shape index (κ3) is 5.90. The van der Waals surface area contributed by atoms with Gasteiger partial charge in [0, 0.05) is 43.4 Å². The second-order valence-corrected chi connectivity index (χ2v) is 10.6. The molecule has 0 bridgehead atoms. The fraction of sp³-hybridized carbons (Fsp3) is 0.429. The summed E-state index contributed by atoms with van der Waals surface area (Å²) in [6.07, 6.45) is 1.77. The first-order chi connectivity index (χ1) is 19.2. The molecule has 1 saturated carbocycles. The Kier molecular flexibility index (Phi) is 6.85. The molecule has 2 fully saturated rings. The van der Waals surface area contributed by atoms with E-state index in [4.69, 9.17) is 4.52 Å². The Morgan fingerprint density at radius 2 is 1.82 bits per heavy atom. The molecule has 4 heterocycles. The Morgan fingerprint density at radius 1 is 1.02 bits per heavy atom. The maximum atomic E-state index is 13.0. The molecule has 1 aliphatic carbocycles. The van der Waals surface area contributed by atoms with Gasteiger partial charge in [-0.05, 0) is 61.4 Å². The van der Waals surface area contributed by atoms with Gasteiger partial charge in [0.25, 0.3) is 0 Å². The summed E-state index contributed by atoms with van der Waals surface area (Å²) in [7, 11) is 0. The first-order valence-corrected chi connectivity index (χ1v) is 13.3. The van der Waals surface area contributed by atoms with E-state index in [2.05, 4.69) is 20.2 Å². The molecular formula is C28H27F3N6O3. The van der Waals surface area contributed by atoms with Gasteiger partial charge in [-0.3, -0.25) is 14.3 Å². The minimum absolute atomic E-state index is 0.0205. The van der Waals surface area contributed by atoms with Crippen LogP contribution in [0, 0.1) is 5.92 Å². The van der Waals surface area contributed by atoms with Gasteiger partial charge < -0.3 is 9.42 Å². The molecule has 0 spiro atoms. The predicted octanol–water partition coefficient (Wildman–Crippen LogP) is 4.62. The minimum atomic E-state index is -4.62. The van der Waals surface area contributed by atoms with Crippen molar-refractivity contribution >= 4 is 22.6 Å². The molecule has 40 heavy (non-hydrogen) atoms. The standard InChI is InChI=1S/C28H27F3N6O3/c29-28(30,31)24-3-1-2-22(32-24)23(38)13-18-4-7-21-20(12-18)15-37(34-21)16-26(39)36-10-8-17(9-11-36)14-25-33-27(40-35-25)19-5-6-19/h1-4,7,12,15,17,19H,5-6,8-11,13-14,16H2. The van der Waals surface area contributed by atoms with Crippen molar-refractivity contribution in [3.8, 4) is 0 Å². The smallest absolute Gasteiger partial charge is 0.341 e. The van der Waals surface area contributed by atoms with Crippen molar-refractivity contribution in [2.24, 2.45) is 5.92 Å². The van der Waals surface area contributed by atoms with Crippen molar-refractivity contribution in [3.05, 3.63) is 71.3 Å². The van der Waals surface area contributed by atoms with Crippen LogP contribution in [0.1, 0.15) is 65.1 Å². The number of amides is 1. The highest BCUT2D eigenvalue weighted by molar-refractivity contribution is 5.96. The Bertz CT molecular complexity index is 1550. The van der Waals surface area contributed by atoms with Gasteiger partial charge >= 0.3 is 6.18 Å². The first kappa shape index (κ1) is 26.1. The molecule has 1 aromatic carbocycles. The summed E-state index contributed by atoms with van der Waals surface area (Å²) in [5.74, 6) is 1.82. The monoisotopic (exact) mass is 552 g/mol. The zero-order chi connectivity index (χ0) is 27.9. The fourth-order valence-electron chi connectivity index (χ4n) is 5.07. The summed E-state index contributed by atoms with van der Waals surface area (Å²) in [6.45, 7) is 1.41. The summed E-state index contributed by atoms with van der Waals surface area (Å²) < 4.78 is 45.8. The molecule has 9 nitrogen and oxygen atoms in total. The van der Waals surface area contributed by atoms with Gasteiger partial charge in [-0.1, -0.05) is 17.3 Å². The molecule has 0 N–H and O–H groups in total. The lowest BCUT2D eigenvalue weighted by Gasteiger charge is -2.31. The average Bonchev–Trinajstić information content (AvgIpc) is 3.55. The zero-order valence-corrected chi connectivity index (χ0v) is 21.6. The lowest BCUT2D eigenvalue weighted by Crippen LogP contribution is -2.40. The van der Waals surface area contributed by atoms with Crippen molar-refractivity contribution in [1.29, 1.82) is 0 Å². The molecule has 208 valence electrons. The number of nitrogens with zero attached hydrogens (tertiary/aromatic N) is 6. The number of benzene rings is 1. The van der Waals surface area contributed by atoms with E-state index < -0.39 is 17.7 Å². The van der Waals surface area contributed by atoms with Gasteiger partial charge in [0.05, 0.1) is 5.52 Å². The Balaban J connectivity index is 1.03. The van der Waals surface area contributed by atoms with Crippen LogP contribution in [0.4, 0.5) is 13.2 Å². The number of Topliss-reactive ketones (excluding diaryl/α,β-unsaturated/α-hetero) is 1. The number of hydrogen-bond acceptors (Lipinski definition) is 7. The van der Waals surface area contributed by atoms with E-state index in [1.165, 1.54) is 12.1 Å². The van der Waals surface area contributed by atoms with Crippen LogP contribution in [0.15, 0.2) is 47.1 Å². The quantitative estimate of drug-likeness (QED) is 0.294. The molecule has 4 aromatic rings.